The third-order valence-electron chi connectivity index (χ3n) is 2.15. The molecule has 0 aromatic carbocycles. The lowest BCUT2D eigenvalue weighted by molar-refractivity contribution is -0.260. The van der Waals surface area contributed by atoms with E-state index < -0.39 is 24.5 Å². The zero-order valence-corrected chi connectivity index (χ0v) is 7.18. The van der Waals surface area contributed by atoms with Crippen molar-refractivity contribution in [3.63, 3.8) is 0 Å². The third kappa shape index (κ3) is 1.60. The molecule has 1 aliphatic rings. The second-order valence-electron chi connectivity index (χ2n) is 3.00. The maximum Gasteiger partial charge on any atom is 0.186 e. The minimum absolute atomic E-state index is 0.312. The van der Waals surface area contributed by atoms with Crippen LogP contribution in [0.3, 0.4) is 0 Å². The SMILES string of the molecule is COC1O[C@H](C)[C@@H](N)[C@H](O)[C@@H]1O. The number of hydrogen-bond donors (Lipinski definition) is 3. The summed E-state index contributed by atoms with van der Waals surface area (Å²) in [7, 11) is 1.41. The van der Waals surface area contributed by atoms with Gasteiger partial charge in [-0.2, -0.15) is 0 Å². The molecule has 1 heterocycles. The van der Waals surface area contributed by atoms with Gasteiger partial charge >= 0.3 is 0 Å². The summed E-state index contributed by atoms with van der Waals surface area (Å²) in [6.45, 7) is 1.73. The van der Waals surface area contributed by atoms with Crippen LogP contribution in [0.25, 0.3) is 0 Å². The van der Waals surface area contributed by atoms with Gasteiger partial charge in [-0.1, -0.05) is 0 Å². The molecule has 1 fully saturated rings. The van der Waals surface area contributed by atoms with E-state index in [2.05, 4.69) is 0 Å². The number of methoxy groups -OCH3 is 1. The standard InChI is InChI=1S/C7H15NO4/c1-3-4(8)5(9)6(10)7(11-2)12-3/h3-7,9-10H,8H2,1-2H3/t3-,4-,5+,6+,7?/m1/s1. The normalized spacial score (nSPS) is 49.2. The van der Waals surface area contributed by atoms with E-state index in [9.17, 15) is 10.2 Å². The van der Waals surface area contributed by atoms with Crippen LogP contribution in [0.1, 0.15) is 6.92 Å². The smallest absolute Gasteiger partial charge is 0.186 e. The van der Waals surface area contributed by atoms with Gasteiger partial charge in [0.15, 0.2) is 6.29 Å². The van der Waals surface area contributed by atoms with Gasteiger partial charge in [0, 0.05) is 7.11 Å². The fourth-order valence-corrected chi connectivity index (χ4v) is 1.24. The molecule has 0 bridgehead atoms. The molecule has 4 N–H and O–H groups in total. The fraction of sp³-hybridized carbons (Fsp3) is 1.00. The summed E-state index contributed by atoms with van der Waals surface area (Å²) < 4.78 is 9.98. The van der Waals surface area contributed by atoms with Gasteiger partial charge in [0.25, 0.3) is 0 Å². The number of nitrogens with two attached hydrogens (primary N) is 1. The van der Waals surface area contributed by atoms with Gasteiger partial charge in [-0.15, -0.1) is 0 Å². The van der Waals surface area contributed by atoms with Crippen molar-refractivity contribution >= 4 is 0 Å². The third-order valence-corrected chi connectivity index (χ3v) is 2.15. The molecular formula is C7H15NO4. The summed E-state index contributed by atoms with van der Waals surface area (Å²) in [6, 6.07) is -0.564. The summed E-state index contributed by atoms with van der Waals surface area (Å²) in [5, 5.41) is 18.7. The first-order chi connectivity index (χ1) is 5.57. The summed E-state index contributed by atoms with van der Waals surface area (Å²) in [6.07, 6.45) is -3.15. The van der Waals surface area contributed by atoms with E-state index in [4.69, 9.17) is 15.2 Å². The molecular weight excluding hydrogens is 162 g/mol. The molecule has 0 aliphatic carbocycles. The van der Waals surface area contributed by atoms with E-state index in [1.165, 1.54) is 7.11 Å². The van der Waals surface area contributed by atoms with Crippen molar-refractivity contribution in [2.45, 2.75) is 37.6 Å². The Balaban J connectivity index is 2.63. The molecule has 1 aliphatic heterocycles. The van der Waals surface area contributed by atoms with Gasteiger partial charge in [0.05, 0.1) is 12.1 Å². The molecule has 0 saturated carbocycles. The number of ether oxygens (including phenoxy) is 2. The molecule has 1 saturated heterocycles. The number of aliphatic hydroxyl groups is 2. The Morgan fingerprint density at radius 2 is 1.92 bits per heavy atom. The first kappa shape index (κ1) is 9.88. The van der Waals surface area contributed by atoms with Crippen LogP contribution in [-0.2, 0) is 9.47 Å². The van der Waals surface area contributed by atoms with E-state index in [0.717, 1.165) is 0 Å². The van der Waals surface area contributed by atoms with Crippen molar-refractivity contribution in [1.82, 2.24) is 0 Å². The summed E-state index contributed by atoms with van der Waals surface area (Å²) in [4.78, 5) is 0. The first-order valence-electron chi connectivity index (χ1n) is 3.88. The van der Waals surface area contributed by atoms with Crippen LogP contribution in [0.5, 0.6) is 0 Å². The zero-order valence-electron chi connectivity index (χ0n) is 7.18. The molecule has 12 heavy (non-hydrogen) atoms. The molecule has 0 amide bonds. The van der Waals surface area contributed by atoms with Crippen LogP contribution >= 0.6 is 0 Å². The largest absolute Gasteiger partial charge is 0.388 e. The van der Waals surface area contributed by atoms with Gasteiger partial charge in [-0.05, 0) is 6.92 Å². The Morgan fingerprint density at radius 3 is 2.42 bits per heavy atom. The Hall–Kier alpha value is -0.200. The minimum Gasteiger partial charge on any atom is -0.388 e. The molecule has 5 atom stereocenters. The van der Waals surface area contributed by atoms with E-state index in [0.29, 0.717) is 0 Å². The topological polar surface area (TPSA) is 84.9 Å². The molecule has 0 spiro atoms. The predicted molar refractivity (Wildman–Crippen MR) is 41.3 cm³/mol. The quantitative estimate of drug-likeness (QED) is 0.450. The molecule has 0 radical (unpaired) electrons. The van der Waals surface area contributed by atoms with Crippen molar-refractivity contribution in [2.75, 3.05) is 7.11 Å². The Labute approximate surface area is 71.1 Å². The predicted octanol–water partition coefficient (Wildman–Crippen LogP) is -1.57. The maximum absolute atomic E-state index is 9.38. The average Bonchev–Trinajstić information content (AvgIpc) is 2.08. The number of rotatable bonds is 1. The highest BCUT2D eigenvalue weighted by atomic mass is 16.7. The van der Waals surface area contributed by atoms with Crippen molar-refractivity contribution in [2.24, 2.45) is 5.73 Å². The lowest BCUT2D eigenvalue weighted by Crippen LogP contribution is -2.60. The molecule has 5 heteroatoms. The first-order valence-corrected chi connectivity index (χ1v) is 3.88. The van der Waals surface area contributed by atoms with Crippen molar-refractivity contribution < 1.29 is 19.7 Å². The highest BCUT2D eigenvalue weighted by molar-refractivity contribution is 4.89. The van der Waals surface area contributed by atoms with Crippen LogP contribution < -0.4 is 5.73 Å². The monoisotopic (exact) mass is 177 g/mol. The lowest BCUT2D eigenvalue weighted by Gasteiger charge is -2.39. The fourth-order valence-electron chi connectivity index (χ4n) is 1.24. The molecule has 0 aromatic rings. The van der Waals surface area contributed by atoms with E-state index >= 15 is 0 Å². The van der Waals surface area contributed by atoms with E-state index in [1.807, 2.05) is 0 Å². The van der Waals surface area contributed by atoms with Gasteiger partial charge < -0.3 is 25.4 Å². The zero-order chi connectivity index (χ0) is 9.30. The van der Waals surface area contributed by atoms with Crippen molar-refractivity contribution in [3.05, 3.63) is 0 Å². The van der Waals surface area contributed by atoms with Crippen molar-refractivity contribution in [1.29, 1.82) is 0 Å². The van der Waals surface area contributed by atoms with Crippen LogP contribution in [0, 0.1) is 0 Å². The van der Waals surface area contributed by atoms with Gasteiger partial charge in [0.2, 0.25) is 0 Å². The Kier molecular flexibility index (Phi) is 3.03. The Morgan fingerprint density at radius 1 is 1.33 bits per heavy atom. The van der Waals surface area contributed by atoms with Gasteiger partial charge in [-0.25, -0.2) is 0 Å². The van der Waals surface area contributed by atoms with E-state index in [1.54, 1.807) is 6.92 Å². The molecule has 72 valence electrons. The van der Waals surface area contributed by atoms with Crippen LogP contribution in [0.15, 0.2) is 0 Å². The molecule has 1 unspecified atom stereocenters. The second kappa shape index (κ2) is 3.68. The highest BCUT2D eigenvalue weighted by Crippen LogP contribution is 2.19. The van der Waals surface area contributed by atoms with Gasteiger partial charge in [0.1, 0.15) is 12.2 Å². The number of aliphatic hydroxyl groups excluding tert-OH is 2. The average molecular weight is 177 g/mol. The van der Waals surface area contributed by atoms with Gasteiger partial charge in [-0.3, -0.25) is 0 Å². The van der Waals surface area contributed by atoms with Crippen LogP contribution in [0.2, 0.25) is 0 Å². The number of hydrogen-bond acceptors (Lipinski definition) is 5. The molecule has 5 nitrogen and oxygen atoms in total. The highest BCUT2D eigenvalue weighted by Gasteiger charge is 2.40. The van der Waals surface area contributed by atoms with E-state index in [-0.39, 0.29) is 6.10 Å². The molecule has 0 aromatic heterocycles. The second-order valence-corrected chi connectivity index (χ2v) is 3.00. The summed E-state index contributed by atoms with van der Waals surface area (Å²) in [5.41, 5.74) is 5.54. The Bertz CT molecular complexity index is 150. The van der Waals surface area contributed by atoms with Crippen LogP contribution in [-0.4, -0.2) is 48.0 Å². The van der Waals surface area contributed by atoms with Crippen molar-refractivity contribution in [3.8, 4) is 0 Å². The minimum atomic E-state index is -1.07. The summed E-state index contributed by atoms with van der Waals surface area (Å²) >= 11 is 0. The van der Waals surface area contributed by atoms with Crippen LogP contribution in [0.4, 0.5) is 0 Å². The summed E-state index contributed by atoms with van der Waals surface area (Å²) in [5.74, 6) is 0. The lowest BCUT2D eigenvalue weighted by atomic mass is 9.98. The maximum atomic E-state index is 9.38. The molecule has 1 rings (SSSR count).